The fourth-order valence-corrected chi connectivity index (χ4v) is 5.59. The van der Waals surface area contributed by atoms with Gasteiger partial charge in [-0.15, -0.1) is 0 Å². The van der Waals surface area contributed by atoms with Gasteiger partial charge in [0.05, 0.1) is 42.5 Å². The molecule has 0 spiro atoms. The lowest BCUT2D eigenvalue weighted by Gasteiger charge is -2.14. The van der Waals surface area contributed by atoms with Crippen LogP contribution < -0.4 is 9.47 Å². The first kappa shape index (κ1) is 23.4. The fraction of sp³-hybridized carbons (Fsp3) is 0.192. The zero-order valence-electron chi connectivity index (χ0n) is 19.1. The van der Waals surface area contributed by atoms with Gasteiger partial charge < -0.3 is 14.2 Å². The number of ether oxygens (including phenoxy) is 3. The van der Waals surface area contributed by atoms with Crippen LogP contribution in [0.5, 0.6) is 11.5 Å². The number of carbonyl (C=O) groups excluding carboxylic acids is 1. The number of hydrogen-bond acceptors (Lipinski definition) is 6. The summed E-state index contributed by atoms with van der Waals surface area (Å²) in [6, 6.07) is 20.4. The third-order valence-corrected chi connectivity index (χ3v) is 7.27. The molecule has 4 rings (SSSR count). The summed E-state index contributed by atoms with van der Waals surface area (Å²) >= 11 is 0. The Bertz CT molecular complexity index is 1440. The molecule has 3 aromatic carbocycles. The Balaban J connectivity index is 2.02. The Hall–Kier alpha value is -3.78. The standard InChI is InChI=1S/C26H25NO6S/c1-4-33-26(28)25-20-12-8-9-13-21(20)27(34(29,30)19-10-6-5-7-11-19)22(25)16-18-14-15-23(31-2)24(17-18)32-3/h5-15,17H,4,16H2,1-3H3. The van der Waals surface area contributed by atoms with E-state index in [1.54, 1.807) is 68.6 Å². The molecule has 8 heteroatoms. The molecular formula is C26H25NO6S. The number of nitrogens with zero attached hydrogens (tertiary/aromatic N) is 1. The van der Waals surface area contributed by atoms with Gasteiger partial charge >= 0.3 is 5.97 Å². The minimum atomic E-state index is -4.02. The van der Waals surface area contributed by atoms with Crippen LogP contribution in [0.15, 0.2) is 77.7 Å². The number of aromatic nitrogens is 1. The van der Waals surface area contributed by atoms with E-state index in [2.05, 4.69) is 0 Å². The van der Waals surface area contributed by atoms with Crippen molar-refractivity contribution in [3.8, 4) is 11.5 Å². The van der Waals surface area contributed by atoms with E-state index in [1.165, 1.54) is 23.2 Å². The van der Waals surface area contributed by atoms with Crippen molar-refractivity contribution in [2.75, 3.05) is 20.8 Å². The molecule has 0 bridgehead atoms. The Labute approximate surface area is 198 Å². The summed E-state index contributed by atoms with van der Waals surface area (Å²) in [5.74, 6) is 0.483. The van der Waals surface area contributed by atoms with Crippen LogP contribution in [-0.2, 0) is 21.2 Å². The van der Waals surface area contributed by atoms with Crippen molar-refractivity contribution in [3.05, 3.63) is 89.6 Å². The summed E-state index contributed by atoms with van der Waals surface area (Å²) in [5, 5.41) is 0.510. The summed E-state index contributed by atoms with van der Waals surface area (Å²) in [4.78, 5) is 13.2. The first-order valence-corrected chi connectivity index (χ1v) is 12.2. The van der Waals surface area contributed by atoms with Gasteiger partial charge in [0.2, 0.25) is 0 Å². The molecule has 0 unspecified atom stereocenters. The molecular weight excluding hydrogens is 454 g/mol. The largest absolute Gasteiger partial charge is 0.493 e. The number of fused-ring (bicyclic) bond motifs is 1. The Morgan fingerprint density at radius 3 is 2.24 bits per heavy atom. The number of carbonyl (C=O) groups is 1. The second-order valence-corrected chi connectivity index (χ2v) is 9.29. The van der Waals surface area contributed by atoms with Crippen LogP contribution >= 0.6 is 0 Å². The molecule has 176 valence electrons. The summed E-state index contributed by atoms with van der Waals surface area (Å²) < 4.78 is 45.0. The number of para-hydroxylation sites is 1. The van der Waals surface area contributed by atoms with E-state index in [0.717, 1.165) is 5.56 Å². The quantitative estimate of drug-likeness (QED) is 0.342. The third-order valence-electron chi connectivity index (χ3n) is 5.51. The molecule has 0 aliphatic rings. The highest BCUT2D eigenvalue weighted by molar-refractivity contribution is 7.90. The molecule has 4 aromatic rings. The molecule has 0 aliphatic carbocycles. The third kappa shape index (κ3) is 4.12. The van der Waals surface area contributed by atoms with Gasteiger partial charge in [0, 0.05) is 11.8 Å². The average molecular weight is 480 g/mol. The molecule has 0 atom stereocenters. The van der Waals surface area contributed by atoms with Crippen LogP contribution in [0.1, 0.15) is 28.5 Å². The van der Waals surface area contributed by atoms with E-state index in [0.29, 0.717) is 28.1 Å². The first-order valence-electron chi connectivity index (χ1n) is 10.7. The highest BCUT2D eigenvalue weighted by Crippen LogP contribution is 2.34. The minimum Gasteiger partial charge on any atom is -0.493 e. The maximum atomic E-state index is 13.8. The second kappa shape index (κ2) is 9.61. The maximum Gasteiger partial charge on any atom is 0.340 e. The molecule has 0 aliphatic heterocycles. The molecule has 0 saturated carbocycles. The van der Waals surface area contributed by atoms with E-state index >= 15 is 0 Å². The van der Waals surface area contributed by atoms with Gasteiger partial charge in [-0.2, -0.15) is 0 Å². The predicted octanol–water partition coefficient (Wildman–Crippen LogP) is 4.66. The van der Waals surface area contributed by atoms with E-state index in [-0.39, 0.29) is 23.5 Å². The van der Waals surface area contributed by atoms with Gasteiger partial charge in [-0.3, -0.25) is 0 Å². The van der Waals surface area contributed by atoms with Gasteiger partial charge in [-0.25, -0.2) is 17.2 Å². The smallest absolute Gasteiger partial charge is 0.340 e. The minimum absolute atomic E-state index is 0.125. The van der Waals surface area contributed by atoms with Gasteiger partial charge in [-0.1, -0.05) is 42.5 Å². The molecule has 0 radical (unpaired) electrons. The number of rotatable bonds is 8. The maximum absolute atomic E-state index is 13.8. The second-order valence-electron chi connectivity index (χ2n) is 7.51. The molecule has 1 heterocycles. The SMILES string of the molecule is CCOC(=O)c1c(Cc2ccc(OC)c(OC)c2)n(S(=O)(=O)c2ccccc2)c2ccccc12. The average Bonchev–Trinajstić information content (AvgIpc) is 3.19. The van der Waals surface area contributed by atoms with Crippen LogP contribution in [0.25, 0.3) is 10.9 Å². The molecule has 0 saturated heterocycles. The highest BCUT2D eigenvalue weighted by Gasteiger charge is 2.30. The topological polar surface area (TPSA) is 83.8 Å². The van der Waals surface area contributed by atoms with Crippen LogP contribution in [0.2, 0.25) is 0 Å². The molecule has 0 fully saturated rings. The van der Waals surface area contributed by atoms with Gasteiger partial charge in [0.25, 0.3) is 10.0 Å². The highest BCUT2D eigenvalue weighted by atomic mass is 32.2. The van der Waals surface area contributed by atoms with Crippen LogP contribution in [0.3, 0.4) is 0 Å². The molecule has 7 nitrogen and oxygen atoms in total. The lowest BCUT2D eigenvalue weighted by molar-refractivity contribution is 0.0527. The number of methoxy groups -OCH3 is 2. The van der Waals surface area contributed by atoms with Gasteiger partial charge in [0.15, 0.2) is 11.5 Å². The van der Waals surface area contributed by atoms with Crippen molar-refractivity contribution in [1.29, 1.82) is 0 Å². The molecule has 0 amide bonds. The van der Waals surface area contributed by atoms with Crippen molar-refractivity contribution in [2.24, 2.45) is 0 Å². The van der Waals surface area contributed by atoms with Crippen molar-refractivity contribution in [1.82, 2.24) is 3.97 Å². The molecule has 34 heavy (non-hydrogen) atoms. The fourth-order valence-electron chi connectivity index (χ4n) is 4.01. The first-order chi connectivity index (χ1) is 16.4. The Kier molecular flexibility index (Phi) is 6.61. The summed E-state index contributed by atoms with van der Waals surface area (Å²) in [6.45, 7) is 1.88. The predicted molar refractivity (Wildman–Crippen MR) is 129 cm³/mol. The summed E-state index contributed by atoms with van der Waals surface area (Å²) in [6.07, 6.45) is 0.148. The Morgan fingerprint density at radius 2 is 1.56 bits per heavy atom. The lowest BCUT2D eigenvalue weighted by atomic mass is 10.0. The van der Waals surface area contributed by atoms with Gasteiger partial charge in [-0.05, 0) is 42.8 Å². The zero-order chi connectivity index (χ0) is 24.3. The van der Waals surface area contributed by atoms with E-state index in [1.807, 2.05) is 6.07 Å². The van der Waals surface area contributed by atoms with Gasteiger partial charge in [0.1, 0.15) is 0 Å². The van der Waals surface area contributed by atoms with Crippen LogP contribution in [0.4, 0.5) is 0 Å². The van der Waals surface area contributed by atoms with E-state index in [4.69, 9.17) is 14.2 Å². The number of benzene rings is 3. The van der Waals surface area contributed by atoms with E-state index in [9.17, 15) is 13.2 Å². The lowest BCUT2D eigenvalue weighted by Crippen LogP contribution is -2.18. The van der Waals surface area contributed by atoms with Crippen LogP contribution in [-0.4, -0.2) is 39.2 Å². The molecule has 0 N–H and O–H groups in total. The Morgan fingerprint density at radius 1 is 0.882 bits per heavy atom. The summed E-state index contributed by atoms with van der Waals surface area (Å²) in [5.41, 5.74) is 1.70. The van der Waals surface area contributed by atoms with Crippen LogP contribution in [0, 0.1) is 0 Å². The summed E-state index contributed by atoms with van der Waals surface area (Å²) in [7, 11) is -0.947. The van der Waals surface area contributed by atoms with E-state index < -0.39 is 16.0 Å². The monoisotopic (exact) mass is 479 g/mol. The zero-order valence-corrected chi connectivity index (χ0v) is 20.0. The molecule has 1 aromatic heterocycles. The van der Waals surface area contributed by atoms with Crippen molar-refractivity contribution >= 4 is 26.9 Å². The van der Waals surface area contributed by atoms with Crippen molar-refractivity contribution < 1.29 is 27.4 Å². The van der Waals surface area contributed by atoms with Crippen molar-refractivity contribution in [3.63, 3.8) is 0 Å². The van der Waals surface area contributed by atoms with Crippen molar-refractivity contribution in [2.45, 2.75) is 18.2 Å². The number of hydrogen-bond donors (Lipinski definition) is 0. The normalized spacial score (nSPS) is 11.4. The number of esters is 1.